The van der Waals surface area contributed by atoms with E-state index in [0.717, 1.165) is 108 Å². The van der Waals surface area contributed by atoms with E-state index in [4.69, 9.17) is 37.0 Å². The van der Waals surface area contributed by atoms with Gasteiger partial charge in [-0.15, -0.1) is 0 Å². The highest BCUT2D eigenvalue weighted by Crippen LogP contribution is 2.45. The Morgan fingerprint density at radius 3 is 0.673 bits per heavy atom. The Kier molecular flexibility index (Phi) is 82.3. The van der Waals surface area contributed by atoms with Gasteiger partial charge < -0.3 is 33.8 Å². The fourth-order valence-corrected chi connectivity index (χ4v) is 16.3. The number of ether oxygens (including phenoxy) is 4. The van der Waals surface area contributed by atoms with Crippen molar-refractivity contribution in [1.29, 1.82) is 0 Å². The van der Waals surface area contributed by atoms with Crippen molar-refractivity contribution in [3.63, 3.8) is 0 Å². The second kappa shape index (κ2) is 83.7. The smallest absolute Gasteiger partial charge is 0.462 e. The molecular formula is C94H184O17P2. The molecular weight excluding hydrogens is 1460 g/mol. The molecule has 7 atom stereocenters. The molecule has 0 aromatic rings. The summed E-state index contributed by atoms with van der Waals surface area (Å²) in [5.74, 6) is 0.362. The summed E-state index contributed by atoms with van der Waals surface area (Å²) in [6.07, 6.45) is 77.8. The van der Waals surface area contributed by atoms with Gasteiger partial charge in [0, 0.05) is 25.7 Å². The van der Waals surface area contributed by atoms with Gasteiger partial charge in [0.2, 0.25) is 0 Å². The van der Waals surface area contributed by atoms with Crippen LogP contribution < -0.4 is 0 Å². The Morgan fingerprint density at radius 1 is 0.257 bits per heavy atom. The second-order valence-electron chi connectivity index (χ2n) is 34.7. The van der Waals surface area contributed by atoms with Gasteiger partial charge in [0.1, 0.15) is 19.3 Å². The number of unbranched alkanes of at least 4 members (excludes halogenated alkanes) is 58. The molecule has 0 aliphatic rings. The first-order chi connectivity index (χ1) is 54.8. The molecule has 0 amide bonds. The minimum absolute atomic E-state index is 0.108. The van der Waals surface area contributed by atoms with Crippen LogP contribution >= 0.6 is 15.6 Å². The highest BCUT2D eigenvalue weighted by Gasteiger charge is 2.31. The van der Waals surface area contributed by atoms with Crippen molar-refractivity contribution in [3.05, 3.63) is 0 Å². The first-order valence-corrected chi connectivity index (χ1v) is 51.4. The molecule has 113 heavy (non-hydrogen) atoms. The first-order valence-electron chi connectivity index (χ1n) is 48.4. The van der Waals surface area contributed by atoms with Crippen molar-refractivity contribution in [3.8, 4) is 0 Å². The molecule has 0 fully saturated rings. The Bertz CT molecular complexity index is 2170. The van der Waals surface area contributed by atoms with Gasteiger partial charge in [-0.3, -0.25) is 37.3 Å². The second-order valence-corrected chi connectivity index (χ2v) is 37.6. The summed E-state index contributed by atoms with van der Waals surface area (Å²) in [6.45, 7) is 12.1. The number of aliphatic hydroxyl groups excluding tert-OH is 1. The molecule has 19 heteroatoms. The van der Waals surface area contributed by atoms with Gasteiger partial charge in [0.05, 0.1) is 26.4 Å². The quantitative estimate of drug-likeness (QED) is 0.0222. The van der Waals surface area contributed by atoms with Gasteiger partial charge in [0.25, 0.3) is 0 Å². The van der Waals surface area contributed by atoms with Gasteiger partial charge in [-0.25, -0.2) is 9.13 Å². The van der Waals surface area contributed by atoms with Crippen LogP contribution in [0.5, 0.6) is 0 Å². The van der Waals surface area contributed by atoms with E-state index in [-0.39, 0.29) is 25.7 Å². The van der Waals surface area contributed by atoms with Crippen LogP contribution in [0, 0.1) is 17.8 Å². The standard InChI is InChI=1S/C94H184O17P2/c1-8-11-12-13-14-15-16-17-18-19-20-21-25-31-36-41-46-54-61-68-75-91(96)104-81-89(110-93(98)77-70-63-56-47-42-37-32-26-23-22-24-30-35-40-45-52-59-66-73-86(6)9-2)83-108-112(100,101)106-79-88(95)80-107-113(102,103)109-84-90(82-105-92(97)76-69-62-55-50-49-53-60-67-74-87(7)10-3)111-94(99)78-71-64-57-48-43-38-33-28-27-29-34-39-44-51-58-65-72-85(4)5/h85-90,95H,8-84H2,1-7H3,(H,100,101)(H,102,103)/t86?,87?,88-,89-,90-/m1/s1. The molecule has 0 aliphatic carbocycles. The summed E-state index contributed by atoms with van der Waals surface area (Å²) in [4.78, 5) is 73.5. The van der Waals surface area contributed by atoms with E-state index < -0.39 is 97.5 Å². The fourth-order valence-electron chi connectivity index (χ4n) is 14.7. The molecule has 0 spiro atoms. The first kappa shape index (κ1) is 111. The van der Waals surface area contributed by atoms with Gasteiger partial charge in [0.15, 0.2) is 12.2 Å². The van der Waals surface area contributed by atoms with Crippen LogP contribution in [0.2, 0.25) is 0 Å². The van der Waals surface area contributed by atoms with Crippen molar-refractivity contribution in [2.75, 3.05) is 39.6 Å². The van der Waals surface area contributed by atoms with Crippen molar-refractivity contribution >= 4 is 39.5 Å². The van der Waals surface area contributed by atoms with Gasteiger partial charge >= 0.3 is 39.5 Å². The number of hydrogen-bond donors (Lipinski definition) is 3. The van der Waals surface area contributed by atoms with E-state index in [9.17, 15) is 43.2 Å². The largest absolute Gasteiger partial charge is 0.472 e. The zero-order valence-electron chi connectivity index (χ0n) is 74.9. The van der Waals surface area contributed by atoms with E-state index in [2.05, 4.69) is 48.5 Å². The minimum atomic E-state index is -4.97. The summed E-state index contributed by atoms with van der Waals surface area (Å²) >= 11 is 0. The topological polar surface area (TPSA) is 237 Å². The summed E-state index contributed by atoms with van der Waals surface area (Å²) in [5.41, 5.74) is 0. The molecule has 17 nitrogen and oxygen atoms in total. The van der Waals surface area contributed by atoms with Gasteiger partial charge in [-0.2, -0.15) is 0 Å². The van der Waals surface area contributed by atoms with E-state index in [1.165, 1.54) is 315 Å². The van der Waals surface area contributed by atoms with Crippen molar-refractivity contribution < 1.29 is 80.2 Å². The summed E-state index contributed by atoms with van der Waals surface area (Å²) in [6, 6.07) is 0. The average Bonchev–Trinajstić information content (AvgIpc) is 0.904. The number of rotatable bonds is 92. The zero-order valence-corrected chi connectivity index (χ0v) is 76.7. The maximum Gasteiger partial charge on any atom is 0.472 e. The van der Waals surface area contributed by atoms with Gasteiger partial charge in [-0.05, 0) is 43.4 Å². The van der Waals surface area contributed by atoms with Crippen LogP contribution in [0.3, 0.4) is 0 Å². The SMILES string of the molecule is CCCCCCCCCCCCCCCCCCCCCCC(=O)OC[C@H](COP(=O)(O)OC[C@@H](O)COP(=O)(O)OC[C@@H](COC(=O)CCCCCCCCCCC(C)CC)OC(=O)CCCCCCCCCCCCCCCCCCC(C)C)OC(=O)CCCCCCCCCCCCCCCCCCCCC(C)CC. The molecule has 0 aliphatic heterocycles. The number of esters is 4. The molecule has 0 rings (SSSR count). The molecule has 4 unspecified atom stereocenters. The van der Waals surface area contributed by atoms with Crippen LogP contribution in [0.15, 0.2) is 0 Å². The van der Waals surface area contributed by atoms with E-state index in [1.54, 1.807) is 0 Å². The van der Waals surface area contributed by atoms with Crippen molar-refractivity contribution in [2.45, 2.75) is 523 Å². The molecule has 3 N–H and O–H groups in total. The molecule has 0 saturated heterocycles. The third-order valence-corrected chi connectivity index (χ3v) is 24.8. The van der Waals surface area contributed by atoms with Crippen LogP contribution in [0.1, 0.15) is 504 Å². The molecule has 0 aromatic heterocycles. The number of hydrogen-bond acceptors (Lipinski definition) is 15. The summed E-state index contributed by atoms with van der Waals surface area (Å²) in [7, 11) is -9.94. The lowest BCUT2D eigenvalue weighted by Gasteiger charge is -2.21. The molecule has 672 valence electrons. The monoisotopic (exact) mass is 1650 g/mol. The zero-order chi connectivity index (χ0) is 82.9. The van der Waals surface area contributed by atoms with Crippen LogP contribution in [-0.2, 0) is 65.4 Å². The number of phosphoric ester groups is 2. The minimum Gasteiger partial charge on any atom is -0.462 e. The lowest BCUT2D eigenvalue weighted by Crippen LogP contribution is -2.30. The van der Waals surface area contributed by atoms with E-state index >= 15 is 0 Å². The summed E-state index contributed by atoms with van der Waals surface area (Å²) in [5, 5.41) is 10.7. The highest BCUT2D eigenvalue weighted by molar-refractivity contribution is 7.47. The third-order valence-electron chi connectivity index (χ3n) is 22.9. The fraction of sp³-hybridized carbons (Fsp3) is 0.957. The van der Waals surface area contributed by atoms with E-state index in [1.807, 2.05) is 0 Å². The lowest BCUT2D eigenvalue weighted by atomic mass is 9.99. The Labute approximate surface area is 696 Å². The molecule has 0 saturated carbocycles. The van der Waals surface area contributed by atoms with Crippen LogP contribution in [0.25, 0.3) is 0 Å². The van der Waals surface area contributed by atoms with Crippen LogP contribution in [0.4, 0.5) is 0 Å². The average molecular weight is 1650 g/mol. The Balaban J connectivity index is 5.25. The number of carbonyl (C=O) groups is 4. The highest BCUT2D eigenvalue weighted by atomic mass is 31.2. The van der Waals surface area contributed by atoms with Crippen molar-refractivity contribution in [2.24, 2.45) is 17.8 Å². The normalized spacial score (nSPS) is 14.2. The molecule has 0 aromatic carbocycles. The van der Waals surface area contributed by atoms with Gasteiger partial charge in [-0.1, -0.05) is 453 Å². The Morgan fingerprint density at radius 2 is 0.451 bits per heavy atom. The maximum absolute atomic E-state index is 13.2. The number of carbonyl (C=O) groups excluding carboxylic acids is 4. The number of aliphatic hydroxyl groups is 1. The third kappa shape index (κ3) is 84.9. The van der Waals surface area contributed by atoms with Crippen LogP contribution in [-0.4, -0.2) is 96.7 Å². The lowest BCUT2D eigenvalue weighted by molar-refractivity contribution is -0.161. The molecule has 0 heterocycles. The molecule has 0 bridgehead atoms. The predicted molar refractivity (Wildman–Crippen MR) is 469 cm³/mol. The Hall–Kier alpha value is -1.94. The van der Waals surface area contributed by atoms with Crippen molar-refractivity contribution in [1.82, 2.24) is 0 Å². The van der Waals surface area contributed by atoms with E-state index in [0.29, 0.717) is 25.7 Å². The molecule has 0 radical (unpaired) electrons. The summed E-state index contributed by atoms with van der Waals surface area (Å²) < 4.78 is 69.2. The predicted octanol–water partition coefficient (Wildman–Crippen LogP) is 29.2. The maximum atomic E-state index is 13.2. The number of phosphoric acid groups is 2.